The van der Waals surface area contributed by atoms with Crippen molar-refractivity contribution in [2.45, 2.75) is 76.9 Å². The number of esters is 1. The van der Waals surface area contributed by atoms with Crippen LogP contribution in [0.1, 0.15) is 64.9 Å². The molecular formula is C21H30O5. The smallest absolute Gasteiger partial charge is 0.460 e. The standard InChI is InChI=1S/C21H30O5/c1-20(2,3)25-18(22)17(12-11-16-9-5-4-6-10-16)15-21(26-19(23)24)13-7-8-14-21/h4-6,9-10,17H,7-8,11-15H2,1-3H3,(H,23,24). The first-order chi connectivity index (χ1) is 12.2. The summed E-state index contributed by atoms with van der Waals surface area (Å²) in [5.41, 5.74) is -0.177. The molecule has 5 heteroatoms. The van der Waals surface area contributed by atoms with E-state index in [-0.39, 0.29) is 11.9 Å². The van der Waals surface area contributed by atoms with E-state index in [1.54, 1.807) is 0 Å². The van der Waals surface area contributed by atoms with Gasteiger partial charge in [0.2, 0.25) is 0 Å². The normalized spacial score (nSPS) is 17.5. The van der Waals surface area contributed by atoms with E-state index in [1.165, 1.54) is 0 Å². The van der Waals surface area contributed by atoms with Crippen molar-refractivity contribution in [3.63, 3.8) is 0 Å². The number of ether oxygens (including phenoxy) is 2. The van der Waals surface area contributed by atoms with Gasteiger partial charge in [0, 0.05) is 6.42 Å². The molecular weight excluding hydrogens is 332 g/mol. The molecule has 0 saturated heterocycles. The van der Waals surface area contributed by atoms with Gasteiger partial charge < -0.3 is 14.6 Å². The summed E-state index contributed by atoms with van der Waals surface area (Å²) in [4.78, 5) is 24.0. The molecule has 1 unspecified atom stereocenters. The van der Waals surface area contributed by atoms with Gasteiger partial charge in [-0.1, -0.05) is 30.3 Å². The van der Waals surface area contributed by atoms with Crippen LogP contribution in [0.3, 0.4) is 0 Å². The van der Waals surface area contributed by atoms with E-state index in [9.17, 15) is 9.59 Å². The van der Waals surface area contributed by atoms with Gasteiger partial charge in [-0.25, -0.2) is 4.79 Å². The van der Waals surface area contributed by atoms with Crippen molar-refractivity contribution in [3.05, 3.63) is 35.9 Å². The molecule has 1 aliphatic rings. The van der Waals surface area contributed by atoms with Gasteiger partial charge in [0.05, 0.1) is 5.92 Å². The molecule has 0 aromatic heterocycles. The molecule has 1 saturated carbocycles. The molecule has 0 aliphatic heterocycles. The summed E-state index contributed by atoms with van der Waals surface area (Å²) in [6.45, 7) is 5.54. The van der Waals surface area contributed by atoms with Gasteiger partial charge in [0.25, 0.3) is 0 Å². The number of carboxylic acid groups (broad SMARTS) is 1. The molecule has 0 heterocycles. The lowest BCUT2D eigenvalue weighted by Gasteiger charge is -2.32. The lowest BCUT2D eigenvalue weighted by Crippen LogP contribution is -2.38. The minimum atomic E-state index is -1.27. The van der Waals surface area contributed by atoms with E-state index in [4.69, 9.17) is 14.6 Å². The van der Waals surface area contributed by atoms with Gasteiger partial charge in [-0.2, -0.15) is 0 Å². The average molecular weight is 362 g/mol. The molecule has 1 aliphatic carbocycles. The highest BCUT2D eigenvalue weighted by molar-refractivity contribution is 5.73. The van der Waals surface area contributed by atoms with Gasteiger partial charge in [-0.05, 0) is 64.9 Å². The van der Waals surface area contributed by atoms with Crippen LogP contribution in [0.2, 0.25) is 0 Å². The summed E-state index contributed by atoms with van der Waals surface area (Å²) in [6.07, 6.45) is 3.67. The zero-order chi connectivity index (χ0) is 19.2. The molecule has 0 spiro atoms. The minimum absolute atomic E-state index is 0.270. The lowest BCUT2D eigenvalue weighted by molar-refractivity contribution is -0.163. The quantitative estimate of drug-likeness (QED) is 0.693. The third kappa shape index (κ3) is 6.36. The number of carbonyl (C=O) groups excluding carboxylic acids is 1. The monoisotopic (exact) mass is 362 g/mol. The molecule has 0 amide bonds. The predicted octanol–water partition coefficient (Wildman–Crippen LogP) is 4.97. The fourth-order valence-electron chi connectivity index (χ4n) is 3.68. The van der Waals surface area contributed by atoms with Crippen LogP contribution in [-0.2, 0) is 20.7 Å². The Morgan fingerprint density at radius 3 is 2.31 bits per heavy atom. The Morgan fingerprint density at radius 1 is 1.15 bits per heavy atom. The van der Waals surface area contributed by atoms with Crippen LogP contribution in [0.4, 0.5) is 4.79 Å². The maximum atomic E-state index is 12.8. The Hall–Kier alpha value is -2.04. The second-order valence-corrected chi connectivity index (χ2v) is 8.22. The van der Waals surface area contributed by atoms with Crippen LogP contribution in [0, 0.1) is 5.92 Å². The van der Waals surface area contributed by atoms with E-state index in [2.05, 4.69) is 0 Å². The third-order valence-corrected chi connectivity index (χ3v) is 4.80. The van der Waals surface area contributed by atoms with Gasteiger partial charge in [0.15, 0.2) is 0 Å². The Bertz CT molecular complexity index is 597. The van der Waals surface area contributed by atoms with Crippen LogP contribution in [0.25, 0.3) is 0 Å². The molecule has 1 fully saturated rings. The molecule has 144 valence electrons. The third-order valence-electron chi connectivity index (χ3n) is 4.80. The van der Waals surface area contributed by atoms with E-state index < -0.39 is 17.4 Å². The van der Waals surface area contributed by atoms with Crippen LogP contribution in [0.15, 0.2) is 30.3 Å². The second-order valence-electron chi connectivity index (χ2n) is 8.22. The molecule has 5 nitrogen and oxygen atoms in total. The Kier molecular flexibility index (Phi) is 6.68. The molecule has 1 aromatic rings. The predicted molar refractivity (Wildman–Crippen MR) is 99.0 cm³/mol. The first-order valence-electron chi connectivity index (χ1n) is 9.38. The Morgan fingerprint density at radius 2 is 1.77 bits per heavy atom. The lowest BCUT2D eigenvalue weighted by atomic mass is 9.85. The van der Waals surface area contributed by atoms with Crippen molar-refractivity contribution in [2.24, 2.45) is 5.92 Å². The fourth-order valence-corrected chi connectivity index (χ4v) is 3.68. The van der Waals surface area contributed by atoms with Gasteiger partial charge in [-0.15, -0.1) is 0 Å². The van der Waals surface area contributed by atoms with Crippen molar-refractivity contribution >= 4 is 12.1 Å². The number of rotatable bonds is 7. The van der Waals surface area contributed by atoms with Gasteiger partial charge in [0.1, 0.15) is 11.2 Å². The zero-order valence-electron chi connectivity index (χ0n) is 16.0. The molecule has 0 radical (unpaired) electrons. The maximum absolute atomic E-state index is 12.8. The number of benzene rings is 1. The van der Waals surface area contributed by atoms with Crippen LogP contribution in [0.5, 0.6) is 0 Å². The number of hydrogen-bond acceptors (Lipinski definition) is 4. The summed E-state index contributed by atoms with van der Waals surface area (Å²) in [7, 11) is 0. The number of aryl methyl sites for hydroxylation is 1. The van der Waals surface area contributed by atoms with E-state index >= 15 is 0 Å². The first kappa shape index (κ1) is 20.3. The summed E-state index contributed by atoms with van der Waals surface area (Å²) in [5, 5.41) is 9.15. The largest absolute Gasteiger partial charge is 0.506 e. The van der Waals surface area contributed by atoms with Crippen molar-refractivity contribution in [1.29, 1.82) is 0 Å². The molecule has 1 aromatic carbocycles. The highest BCUT2D eigenvalue weighted by Gasteiger charge is 2.42. The van der Waals surface area contributed by atoms with Crippen LogP contribution < -0.4 is 0 Å². The van der Waals surface area contributed by atoms with E-state index in [0.717, 1.165) is 24.8 Å². The van der Waals surface area contributed by atoms with Crippen molar-refractivity contribution in [2.75, 3.05) is 0 Å². The molecule has 0 bridgehead atoms. The summed E-state index contributed by atoms with van der Waals surface area (Å²) < 4.78 is 10.9. The zero-order valence-corrected chi connectivity index (χ0v) is 16.0. The summed E-state index contributed by atoms with van der Waals surface area (Å²) in [6, 6.07) is 9.98. The average Bonchev–Trinajstić information content (AvgIpc) is 2.98. The highest BCUT2D eigenvalue weighted by Crippen LogP contribution is 2.40. The highest BCUT2D eigenvalue weighted by atomic mass is 16.7. The molecule has 26 heavy (non-hydrogen) atoms. The maximum Gasteiger partial charge on any atom is 0.506 e. The fraction of sp³-hybridized carbons (Fsp3) is 0.619. The first-order valence-corrected chi connectivity index (χ1v) is 9.38. The molecule has 1 atom stereocenters. The van der Waals surface area contributed by atoms with Crippen LogP contribution in [-0.4, -0.2) is 28.4 Å². The van der Waals surface area contributed by atoms with Crippen molar-refractivity contribution < 1.29 is 24.2 Å². The molecule has 2 rings (SSSR count). The SMILES string of the molecule is CC(C)(C)OC(=O)C(CCc1ccccc1)CC1(OC(=O)O)CCCC1. The minimum Gasteiger partial charge on any atom is -0.460 e. The molecule has 1 N–H and O–H groups in total. The number of carbonyl (C=O) groups is 2. The topological polar surface area (TPSA) is 72.8 Å². The van der Waals surface area contributed by atoms with E-state index in [0.29, 0.717) is 25.7 Å². The van der Waals surface area contributed by atoms with Crippen molar-refractivity contribution in [3.8, 4) is 0 Å². The van der Waals surface area contributed by atoms with Crippen molar-refractivity contribution in [1.82, 2.24) is 0 Å². The van der Waals surface area contributed by atoms with Crippen LogP contribution >= 0.6 is 0 Å². The summed E-state index contributed by atoms with van der Waals surface area (Å²) in [5.74, 6) is -0.652. The van der Waals surface area contributed by atoms with Gasteiger partial charge >= 0.3 is 12.1 Å². The van der Waals surface area contributed by atoms with E-state index in [1.807, 2.05) is 51.1 Å². The number of hydrogen-bond donors (Lipinski definition) is 1. The van der Waals surface area contributed by atoms with Gasteiger partial charge in [-0.3, -0.25) is 4.79 Å². The Labute approximate surface area is 155 Å². The second kappa shape index (κ2) is 8.56. The Balaban J connectivity index is 2.13. The summed E-state index contributed by atoms with van der Waals surface area (Å²) >= 11 is 0.